The van der Waals surface area contributed by atoms with Crippen molar-refractivity contribution < 1.29 is 9.84 Å². The Morgan fingerprint density at radius 2 is 2.40 bits per heavy atom. The molecule has 0 aliphatic carbocycles. The average molecular weight is 230 g/mol. The standard InChI is InChI=1S/C10H18N2O2S/c1-8-10(15-7-11-8)5-12(2)4-9(13)6-14-3/h7,9,13H,4-6H2,1-3H3. The maximum Gasteiger partial charge on any atom is 0.0900 e. The molecule has 0 fully saturated rings. The Morgan fingerprint density at radius 1 is 1.67 bits per heavy atom. The maximum atomic E-state index is 9.54. The molecule has 1 N–H and O–H groups in total. The molecule has 0 aromatic carbocycles. The minimum atomic E-state index is -0.423. The highest BCUT2D eigenvalue weighted by molar-refractivity contribution is 7.09. The van der Waals surface area contributed by atoms with Crippen molar-refractivity contribution in [3.63, 3.8) is 0 Å². The normalized spacial score (nSPS) is 13.4. The lowest BCUT2D eigenvalue weighted by Gasteiger charge is -2.19. The van der Waals surface area contributed by atoms with Gasteiger partial charge >= 0.3 is 0 Å². The minimum absolute atomic E-state index is 0.381. The van der Waals surface area contributed by atoms with Crippen LogP contribution in [-0.4, -0.2) is 48.4 Å². The Labute approximate surface area is 94.5 Å². The summed E-state index contributed by atoms with van der Waals surface area (Å²) < 4.78 is 4.88. The van der Waals surface area contributed by atoms with E-state index in [-0.39, 0.29) is 0 Å². The number of aryl methyl sites for hydroxylation is 1. The van der Waals surface area contributed by atoms with Crippen LogP contribution in [0.4, 0.5) is 0 Å². The number of likely N-dealkylation sites (N-methyl/N-ethyl adjacent to an activating group) is 1. The number of aliphatic hydroxyl groups excluding tert-OH is 1. The molecule has 1 aromatic rings. The first-order valence-electron chi connectivity index (χ1n) is 4.88. The lowest BCUT2D eigenvalue weighted by atomic mass is 10.3. The summed E-state index contributed by atoms with van der Waals surface area (Å²) >= 11 is 1.65. The van der Waals surface area contributed by atoms with Gasteiger partial charge in [-0.15, -0.1) is 11.3 Å². The lowest BCUT2D eigenvalue weighted by Crippen LogP contribution is -2.31. The number of thiazole rings is 1. The van der Waals surface area contributed by atoms with E-state index in [2.05, 4.69) is 9.88 Å². The van der Waals surface area contributed by atoms with E-state index in [1.807, 2.05) is 19.5 Å². The van der Waals surface area contributed by atoms with Crippen molar-refractivity contribution in [1.29, 1.82) is 0 Å². The Kier molecular flexibility index (Phi) is 5.17. The van der Waals surface area contributed by atoms with E-state index >= 15 is 0 Å². The van der Waals surface area contributed by atoms with Gasteiger partial charge in [0.25, 0.3) is 0 Å². The smallest absolute Gasteiger partial charge is 0.0900 e. The first kappa shape index (κ1) is 12.6. The molecule has 0 spiro atoms. The summed E-state index contributed by atoms with van der Waals surface area (Å²) in [6.07, 6.45) is -0.423. The molecule has 1 unspecified atom stereocenters. The highest BCUT2D eigenvalue weighted by Crippen LogP contribution is 2.14. The summed E-state index contributed by atoms with van der Waals surface area (Å²) in [4.78, 5) is 7.52. The summed E-state index contributed by atoms with van der Waals surface area (Å²) in [5, 5.41) is 9.54. The topological polar surface area (TPSA) is 45.6 Å². The summed E-state index contributed by atoms with van der Waals surface area (Å²) in [7, 11) is 3.58. The van der Waals surface area contributed by atoms with Crippen LogP contribution in [-0.2, 0) is 11.3 Å². The Bertz CT molecular complexity index is 291. The fourth-order valence-electron chi connectivity index (χ4n) is 1.39. The quantitative estimate of drug-likeness (QED) is 0.788. The SMILES string of the molecule is COCC(O)CN(C)Cc1scnc1C. The van der Waals surface area contributed by atoms with E-state index in [1.165, 1.54) is 4.88 Å². The van der Waals surface area contributed by atoms with Crippen molar-refractivity contribution >= 4 is 11.3 Å². The molecular weight excluding hydrogens is 212 g/mol. The monoisotopic (exact) mass is 230 g/mol. The van der Waals surface area contributed by atoms with Gasteiger partial charge in [0.2, 0.25) is 0 Å². The van der Waals surface area contributed by atoms with Crippen LogP contribution in [0.15, 0.2) is 5.51 Å². The minimum Gasteiger partial charge on any atom is -0.389 e. The molecule has 0 bridgehead atoms. The van der Waals surface area contributed by atoms with Gasteiger partial charge in [0, 0.05) is 25.1 Å². The number of ether oxygens (including phenoxy) is 1. The zero-order valence-corrected chi connectivity index (χ0v) is 10.3. The highest BCUT2D eigenvalue weighted by Gasteiger charge is 2.10. The van der Waals surface area contributed by atoms with Gasteiger partial charge in [-0.05, 0) is 14.0 Å². The molecule has 4 nitrogen and oxygen atoms in total. The first-order valence-corrected chi connectivity index (χ1v) is 5.76. The summed E-state index contributed by atoms with van der Waals surface area (Å²) in [6.45, 7) is 3.83. The van der Waals surface area contributed by atoms with Crippen LogP contribution in [0.25, 0.3) is 0 Å². The number of methoxy groups -OCH3 is 1. The van der Waals surface area contributed by atoms with Gasteiger partial charge in [0.15, 0.2) is 0 Å². The van der Waals surface area contributed by atoms with Crippen LogP contribution in [0.3, 0.4) is 0 Å². The largest absolute Gasteiger partial charge is 0.389 e. The zero-order chi connectivity index (χ0) is 11.3. The van der Waals surface area contributed by atoms with E-state index in [1.54, 1.807) is 18.4 Å². The second kappa shape index (κ2) is 6.17. The Balaban J connectivity index is 2.36. The molecule has 1 aromatic heterocycles. The van der Waals surface area contributed by atoms with Gasteiger partial charge < -0.3 is 9.84 Å². The second-order valence-electron chi connectivity index (χ2n) is 3.67. The number of aliphatic hydroxyl groups is 1. The molecule has 0 radical (unpaired) electrons. The number of rotatable bonds is 6. The van der Waals surface area contributed by atoms with Crippen molar-refractivity contribution in [2.24, 2.45) is 0 Å². The van der Waals surface area contributed by atoms with Crippen molar-refractivity contribution in [1.82, 2.24) is 9.88 Å². The van der Waals surface area contributed by atoms with Crippen LogP contribution in [0.2, 0.25) is 0 Å². The number of nitrogens with zero attached hydrogens (tertiary/aromatic N) is 2. The van der Waals surface area contributed by atoms with Gasteiger partial charge in [-0.1, -0.05) is 0 Å². The van der Waals surface area contributed by atoms with Crippen LogP contribution in [0.5, 0.6) is 0 Å². The fraction of sp³-hybridized carbons (Fsp3) is 0.700. The van der Waals surface area contributed by atoms with Crippen LogP contribution >= 0.6 is 11.3 Å². The molecule has 1 heterocycles. The van der Waals surface area contributed by atoms with Crippen molar-refractivity contribution in [3.8, 4) is 0 Å². The zero-order valence-electron chi connectivity index (χ0n) is 9.43. The summed E-state index contributed by atoms with van der Waals surface area (Å²) in [5.41, 5.74) is 2.93. The average Bonchev–Trinajstić information content (AvgIpc) is 2.52. The van der Waals surface area contributed by atoms with E-state index in [9.17, 15) is 5.11 Å². The first-order chi connectivity index (χ1) is 7.13. The van der Waals surface area contributed by atoms with Gasteiger partial charge in [-0.25, -0.2) is 4.98 Å². The molecule has 86 valence electrons. The van der Waals surface area contributed by atoms with Crippen LogP contribution in [0.1, 0.15) is 10.6 Å². The summed E-state index contributed by atoms with van der Waals surface area (Å²) in [5.74, 6) is 0. The number of hydrogen-bond donors (Lipinski definition) is 1. The van der Waals surface area contributed by atoms with Gasteiger partial charge in [0.1, 0.15) is 0 Å². The molecule has 0 aliphatic rings. The molecule has 1 rings (SSSR count). The molecule has 1 atom stereocenters. The lowest BCUT2D eigenvalue weighted by molar-refractivity contribution is 0.0420. The van der Waals surface area contributed by atoms with Crippen molar-refractivity contribution in [2.75, 3.05) is 27.3 Å². The van der Waals surface area contributed by atoms with Crippen LogP contribution in [0, 0.1) is 6.92 Å². The van der Waals surface area contributed by atoms with Crippen molar-refractivity contribution in [3.05, 3.63) is 16.1 Å². The predicted octanol–water partition coefficient (Wildman–Crippen LogP) is 0.891. The number of aromatic nitrogens is 1. The number of hydrogen-bond acceptors (Lipinski definition) is 5. The van der Waals surface area contributed by atoms with Crippen LogP contribution < -0.4 is 0 Å². The molecule has 0 aliphatic heterocycles. The van der Waals surface area contributed by atoms with Gasteiger partial charge in [-0.2, -0.15) is 0 Å². The molecule has 5 heteroatoms. The molecular formula is C10H18N2O2S. The second-order valence-corrected chi connectivity index (χ2v) is 4.61. The molecule has 0 saturated heterocycles. The maximum absolute atomic E-state index is 9.54. The summed E-state index contributed by atoms with van der Waals surface area (Å²) in [6, 6.07) is 0. The van der Waals surface area contributed by atoms with Crippen molar-refractivity contribution in [2.45, 2.75) is 19.6 Å². The Morgan fingerprint density at radius 3 is 2.93 bits per heavy atom. The highest BCUT2D eigenvalue weighted by atomic mass is 32.1. The third-order valence-corrected chi connectivity index (χ3v) is 3.06. The van der Waals surface area contributed by atoms with Gasteiger partial charge in [-0.3, -0.25) is 4.90 Å². The van der Waals surface area contributed by atoms with E-state index < -0.39 is 6.10 Å². The third-order valence-electron chi connectivity index (χ3n) is 2.14. The molecule has 0 amide bonds. The predicted molar refractivity (Wildman–Crippen MR) is 61.1 cm³/mol. The van der Waals surface area contributed by atoms with E-state index in [4.69, 9.17) is 4.74 Å². The fourth-order valence-corrected chi connectivity index (χ4v) is 2.25. The van der Waals surface area contributed by atoms with E-state index in [0.717, 1.165) is 12.2 Å². The van der Waals surface area contributed by atoms with Gasteiger partial charge in [0.05, 0.1) is 23.9 Å². The Hall–Kier alpha value is -0.490. The third kappa shape index (κ3) is 4.25. The molecule has 0 saturated carbocycles. The van der Waals surface area contributed by atoms with E-state index in [0.29, 0.717) is 13.2 Å². The molecule has 15 heavy (non-hydrogen) atoms.